The summed E-state index contributed by atoms with van der Waals surface area (Å²) in [5, 5.41) is 40.8. The average Bonchev–Trinajstić information content (AvgIpc) is 2.78. The molecule has 0 unspecified atom stereocenters. The third-order valence-corrected chi connectivity index (χ3v) is 7.92. The molecule has 4 heteroatoms. The highest BCUT2D eigenvalue weighted by atomic mass is 16.3. The molecule has 4 aromatic carbocycles. The van der Waals surface area contributed by atoms with E-state index in [4.69, 9.17) is 0 Å². The van der Waals surface area contributed by atoms with Crippen LogP contribution in [-0.4, -0.2) is 20.4 Å². The van der Waals surface area contributed by atoms with Crippen molar-refractivity contribution >= 4 is 0 Å². The van der Waals surface area contributed by atoms with Crippen LogP contribution >= 0.6 is 0 Å². The van der Waals surface area contributed by atoms with E-state index in [0.717, 1.165) is 44.5 Å². The van der Waals surface area contributed by atoms with Crippen LogP contribution in [0.3, 0.4) is 0 Å². The van der Waals surface area contributed by atoms with Gasteiger partial charge in [-0.15, -0.1) is 0 Å². The lowest BCUT2D eigenvalue weighted by atomic mass is 9.59. The molecule has 0 amide bonds. The zero-order valence-corrected chi connectivity index (χ0v) is 22.4. The van der Waals surface area contributed by atoms with Crippen LogP contribution in [0.2, 0.25) is 0 Å². The van der Waals surface area contributed by atoms with E-state index in [-0.39, 0.29) is 23.0 Å². The van der Waals surface area contributed by atoms with E-state index in [1.807, 2.05) is 52.0 Å². The van der Waals surface area contributed by atoms with Gasteiger partial charge >= 0.3 is 0 Å². The highest BCUT2D eigenvalue weighted by Gasteiger charge is 2.43. The molecule has 0 aliphatic rings. The molecular weight excluding hydrogens is 460 g/mol. The number of phenols is 4. The molecular formula is C33H36O4. The van der Waals surface area contributed by atoms with E-state index < -0.39 is 10.8 Å². The Hall–Kier alpha value is -3.92. The van der Waals surface area contributed by atoms with Crippen molar-refractivity contribution in [1.82, 2.24) is 0 Å². The molecule has 0 saturated carbocycles. The van der Waals surface area contributed by atoms with Gasteiger partial charge in [0.25, 0.3) is 0 Å². The molecule has 0 aliphatic heterocycles. The molecule has 0 fully saturated rings. The van der Waals surface area contributed by atoms with Gasteiger partial charge in [-0.3, -0.25) is 0 Å². The van der Waals surface area contributed by atoms with Crippen LogP contribution in [-0.2, 0) is 10.8 Å². The van der Waals surface area contributed by atoms with Crippen LogP contribution in [0.5, 0.6) is 23.0 Å². The first-order valence-electron chi connectivity index (χ1n) is 12.6. The van der Waals surface area contributed by atoms with Crippen molar-refractivity contribution in [3.63, 3.8) is 0 Å². The standard InChI is InChI=1S/C33H36O4/c1-20-15-24(34)7-11-28(20)32(5,29-12-8-25(35)16-21(29)2)19-33(6,30-13-9-26(36)17-22(30)3)31-14-10-27(37)18-23(31)4/h7-18,34-37H,19H2,1-6H3. The number of aryl methyl sites for hydroxylation is 4. The van der Waals surface area contributed by atoms with Gasteiger partial charge in [-0.1, -0.05) is 38.1 Å². The lowest BCUT2D eigenvalue weighted by Gasteiger charge is -2.44. The van der Waals surface area contributed by atoms with Gasteiger partial charge in [0.2, 0.25) is 0 Å². The SMILES string of the molecule is Cc1cc(O)ccc1C(C)(CC(C)(c1ccc(O)cc1C)c1ccc(O)cc1C)c1ccc(O)cc1C. The Morgan fingerprint density at radius 1 is 0.432 bits per heavy atom. The van der Waals surface area contributed by atoms with Crippen LogP contribution in [0.1, 0.15) is 64.8 Å². The quantitative estimate of drug-likeness (QED) is 0.224. The van der Waals surface area contributed by atoms with E-state index in [1.165, 1.54) is 0 Å². The number of hydrogen-bond donors (Lipinski definition) is 4. The third kappa shape index (κ3) is 4.76. The Labute approximate surface area is 219 Å². The molecule has 4 aromatic rings. The van der Waals surface area contributed by atoms with Crippen molar-refractivity contribution in [3.05, 3.63) is 117 Å². The van der Waals surface area contributed by atoms with Gasteiger partial charge in [-0.2, -0.15) is 0 Å². The predicted molar refractivity (Wildman–Crippen MR) is 149 cm³/mol. The maximum Gasteiger partial charge on any atom is 0.115 e. The summed E-state index contributed by atoms with van der Waals surface area (Å²) in [6.07, 6.45) is 0.647. The Balaban J connectivity index is 2.06. The van der Waals surface area contributed by atoms with Crippen LogP contribution in [0.25, 0.3) is 0 Å². The summed E-state index contributed by atoms with van der Waals surface area (Å²) in [4.78, 5) is 0. The molecule has 0 atom stereocenters. The molecule has 0 radical (unpaired) electrons. The van der Waals surface area contributed by atoms with Crippen LogP contribution in [0.15, 0.2) is 72.8 Å². The second-order valence-corrected chi connectivity index (χ2v) is 10.8. The van der Waals surface area contributed by atoms with Crippen molar-refractivity contribution in [2.75, 3.05) is 0 Å². The van der Waals surface area contributed by atoms with E-state index in [9.17, 15) is 20.4 Å². The molecule has 0 aromatic heterocycles. The largest absolute Gasteiger partial charge is 0.508 e. The number of phenolic OH excluding ortho intramolecular Hbond substituents is 4. The van der Waals surface area contributed by atoms with Crippen molar-refractivity contribution in [2.45, 2.75) is 58.8 Å². The fraction of sp³-hybridized carbons (Fsp3) is 0.273. The van der Waals surface area contributed by atoms with Gasteiger partial charge in [0, 0.05) is 10.8 Å². The average molecular weight is 497 g/mol. The van der Waals surface area contributed by atoms with Crippen molar-refractivity contribution in [2.24, 2.45) is 0 Å². The van der Waals surface area contributed by atoms with Gasteiger partial charge in [0.1, 0.15) is 23.0 Å². The van der Waals surface area contributed by atoms with E-state index >= 15 is 0 Å². The Morgan fingerprint density at radius 2 is 0.649 bits per heavy atom. The molecule has 0 bridgehead atoms. The third-order valence-electron chi connectivity index (χ3n) is 7.92. The molecule has 4 rings (SSSR count). The second kappa shape index (κ2) is 9.51. The zero-order chi connectivity index (χ0) is 27.1. The van der Waals surface area contributed by atoms with E-state index in [1.54, 1.807) is 48.5 Å². The fourth-order valence-electron chi connectivity index (χ4n) is 6.45. The van der Waals surface area contributed by atoms with Crippen LogP contribution < -0.4 is 0 Å². The van der Waals surface area contributed by atoms with Gasteiger partial charge in [-0.05, 0) is 127 Å². The number of hydrogen-bond acceptors (Lipinski definition) is 4. The maximum atomic E-state index is 10.2. The molecule has 0 aliphatic carbocycles. The first kappa shape index (κ1) is 26.2. The predicted octanol–water partition coefficient (Wildman–Crippen LogP) is 7.44. The molecule has 192 valence electrons. The summed E-state index contributed by atoms with van der Waals surface area (Å²) in [7, 11) is 0. The van der Waals surface area contributed by atoms with Gasteiger partial charge in [-0.25, -0.2) is 0 Å². The van der Waals surface area contributed by atoms with Gasteiger partial charge in [0.15, 0.2) is 0 Å². The highest BCUT2D eigenvalue weighted by molar-refractivity contribution is 5.54. The van der Waals surface area contributed by atoms with E-state index in [2.05, 4.69) is 13.8 Å². The first-order valence-corrected chi connectivity index (χ1v) is 12.6. The summed E-state index contributed by atoms with van der Waals surface area (Å²) in [5.41, 5.74) is 7.17. The Morgan fingerprint density at radius 3 is 0.838 bits per heavy atom. The normalized spacial score (nSPS) is 12.1. The topological polar surface area (TPSA) is 80.9 Å². The second-order valence-electron chi connectivity index (χ2n) is 10.8. The molecule has 0 saturated heterocycles. The molecule has 0 spiro atoms. The van der Waals surface area contributed by atoms with Crippen LogP contribution in [0.4, 0.5) is 0 Å². The number of benzene rings is 4. The summed E-state index contributed by atoms with van der Waals surface area (Å²) in [6.45, 7) is 12.5. The van der Waals surface area contributed by atoms with E-state index in [0.29, 0.717) is 6.42 Å². The first-order chi connectivity index (χ1) is 17.3. The van der Waals surface area contributed by atoms with Crippen LogP contribution in [0, 0.1) is 27.7 Å². The lowest BCUT2D eigenvalue weighted by Crippen LogP contribution is -2.38. The maximum absolute atomic E-state index is 10.2. The zero-order valence-electron chi connectivity index (χ0n) is 22.4. The fourth-order valence-corrected chi connectivity index (χ4v) is 6.45. The minimum absolute atomic E-state index is 0.220. The molecule has 4 N–H and O–H groups in total. The van der Waals surface area contributed by atoms with Gasteiger partial charge in [0.05, 0.1) is 0 Å². The lowest BCUT2D eigenvalue weighted by molar-refractivity contribution is 0.386. The summed E-state index contributed by atoms with van der Waals surface area (Å²) in [6, 6.07) is 22.0. The van der Waals surface area contributed by atoms with Crippen molar-refractivity contribution < 1.29 is 20.4 Å². The summed E-state index contributed by atoms with van der Waals surface area (Å²) in [5.74, 6) is 0.880. The Bertz CT molecular complexity index is 1250. The van der Waals surface area contributed by atoms with Gasteiger partial charge < -0.3 is 20.4 Å². The molecule has 4 nitrogen and oxygen atoms in total. The smallest absolute Gasteiger partial charge is 0.115 e. The summed E-state index contributed by atoms with van der Waals surface area (Å²) >= 11 is 0. The monoisotopic (exact) mass is 496 g/mol. The minimum Gasteiger partial charge on any atom is -0.508 e. The van der Waals surface area contributed by atoms with Crippen molar-refractivity contribution in [1.29, 1.82) is 0 Å². The molecule has 37 heavy (non-hydrogen) atoms. The number of rotatable bonds is 6. The minimum atomic E-state index is -0.529. The summed E-state index contributed by atoms with van der Waals surface area (Å²) < 4.78 is 0. The van der Waals surface area contributed by atoms with Crippen molar-refractivity contribution in [3.8, 4) is 23.0 Å². The Kier molecular flexibility index (Phi) is 6.72. The number of aromatic hydroxyl groups is 4. The highest BCUT2D eigenvalue weighted by Crippen LogP contribution is 2.50. The molecule has 0 heterocycles.